The van der Waals surface area contributed by atoms with E-state index in [1.54, 1.807) is 0 Å². The first-order valence-electron chi connectivity index (χ1n) is 6.79. The van der Waals surface area contributed by atoms with Gasteiger partial charge in [0.25, 0.3) is 0 Å². The second kappa shape index (κ2) is 6.64. The quantitative estimate of drug-likeness (QED) is 0.840. The second-order valence-electron chi connectivity index (χ2n) is 5.26. The van der Waals surface area contributed by atoms with Crippen LogP contribution < -0.4 is 0 Å². The van der Waals surface area contributed by atoms with E-state index in [9.17, 15) is 4.79 Å². The van der Waals surface area contributed by atoms with E-state index in [1.807, 2.05) is 0 Å². The number of hydrogen-bond acceptors (Lipinski definition) is 3. The molecule has 0 radical (unpaired) electrons. The van der Waals surface area contributed by atoms with Crippen LogP contribution >= 0.6 is 11.8 Å². The maximum absolute atomic E-state index is 10.5. The molecular formula is C13H23NO2S. The summed E-state index contributed by atoms with van der Waals surface area (Å²) in [7, 11) is 0. The van der Waals surface area contributed by atoms with Crippen molar-refractivity contribution in [1.29, 1.82) is 0 Å². The molecule has 98 valence electrons. The van der Waals surface area contributed by atoms with Gasteiger partial charge in [-0.3, -0.25) is 4.79 Å². The second-order valence-corrected chi connectivity index (χ2v) is 6.48. The van der Waals surface area contributed by atoms with Crippen LogP contribution in [0, 0.1) is 5.92 Å². The normalized spacial score (nSPS) is 24.9. The Balaban J connectivity index is 1.68. The van der Waals surface area contributed by atoms with Crippen LogP contribution in [0.5, 0.6) is 0 Å². The van der Waals surface area contributed by atoms with Gasteiger partial charge >= 0.3 is 5.97 Å². The summed E-state index contributed by atoms with van der Waals surface area (Å²) in [6.45, 7) is 2.39. The molecule has 0 atom stereocenters. The molecule has 0 bridgehead atoms. The molecule has 1 N–H and O–H groups in total. The summed E-state index contributed by atoms with van der Waals surface area (Å²) in [4.78, 5) is 13.2. The number of hydrogen-bond donors (Lipinski definition) is 1. The standard InChI is InChI=1S/C13H23NO2S/c15-13(16)2-1-11-3-7-14(8-4-11)12-5-9-17-10-6-12/h11-12H,1-10H2,(H,15,16). The van der Waals surface area contributed by atoms with E-state index in [4.69, 9.17) is 5.11 Å². The average molecular weight is 257 g/mol. The molecule has 2 fully saturated rings. The number of carboxylic acids is 1. The fraction of sp³-hybridized carbons (Fsp3) is 0.923. The summed E-state index contributed by atoms with van der Waals surface area (Å²) in [5.74, 6) is 2.66. The molecule has 3 nitrogen and oxygen atoms in total. The van der Waals surface area contributed by atoms with Crippen molar-refractivity contribution in [2.24, 2.45) is 5.92 Å². The lowest BCUT2D eigenvalue weighted by Crippen LogP contribution is -2.43. The zero-order valence-corrected chi connectivity index (χ0v) is 11.3. The Morgan fingerprint density at radius 1 is 1.18 bits per heavy atom. The Labute approximate surface area is 108 Å². The molecule has 2 aliphatic rings. The molecule has 2 aliphatic heterocycles. The third kappa shape index (κ3) is 4.18. The van der Waals surface area contributed by atoms with Gasteiger partial charge in [0.15, 0.2) is 0 Å². The van der Waals surface area contributed by atoms with Crippen LogP contribution in [0.4, 0.5) is 0 Å². The predicted octanol–water partition coefficient (Wildman–Crippen LogP) is 2.46. The minimum absolute atomic E-state index is 0.352. The van der Waals surface area contributed by atoms with Gasteiger partial charge in [0.1, 0.15) is 0 Å². The molecule has 0 aromatic carbocycles. The largest absolute Gasteiger partial charge is 0.481 e. The van der Waals surface area contributed by atoms with Crippen LogP contribution in [-0.4, -0.2) is 46.6 Å². The van der Waals surface area contributed by atoms with E-state index >= 15 is 0 Å². The summed E-state index contributed by atoms with van der Waals surface area (Å²) < 4.78 is 0. The molecule has 0 aromatic rings. The van der Waals surface area contributed by atoms with Gasteiger partial charge in [0.2, 0.25) is 0 Å². The summed E-state index contributed by atoms with van der Waals surface area (Å²) >= 11 is 2.08. The lowest BCUT2D eigenvalue weighted by Gasteiger charge is -2.39. The molecular weight excluding hydrogens is 234 g/mol. The first kappa shape index (κ1) is 13.2. The minimum atomic E-state index is -0.642. The van der Waals surface area contributed by atoms with Gasteiger partial charge in [-0.15, -0.1) is 0 Å². The average Bonchev–Trinajstić information content (AvgIpc) is 2.38. The van der Waals surface area contributed by atoms with Gasteiger partial charge in [-0.25, -0.2) is 0 Å². The third-order valence-corrected chi connectivity index (χ3v) is 5.17. The Kier molecular flexibility index (Phi) is 5.16. The smallest absolute Gasteiger partial charge is 0.303 e. The first-order valence-corrected chi connectivity index (χ1v) is 7.95. The molecule has 17 heavy (non-hydrogen) atoms. The van der Waals surface area contributed by atoms with Crippen LogP contribution in [0.2, 0.25) is 0 Å². The summed E-state index contributed by atoms with van der Waals surface area (Å²) in [5.41, 5.74) is 0. The lowest BCUT2D eigenvalue weighted by molar-refractivity contribution is -0.137. The number of rotatable bonds is 4. The van der Waals surface area contributed by atoms with Crippen LogP contribution in [-0.2, 0) is 4.79 Å². The zero-order valence-electron chi connectivity index (χ0n) is 10.4. The summed E-state index contributed by atoms with van der Waals surface area (Å²) in [6, 6.07) is 0.816. The highest BCUT2D eigenvalue weighted by atomic mass is 32.2. The van der Waals surface area contributed by atoms with E-state index in [0.717, 1.165) is 12.5 Å². The Morgan fingerprint density at radius 3 is 2.41 bits per heavy atom. The molecule has 2 rings (SSSR count). The fourth-order valence-electron chi connectivity index (χ4n) is 2.98. The van der Waals surface area contributed by atoms with E-state index < -0.39 is 5.97 Å². The maximum atomic E-state index is 10.5. The highest BCUT2D eigenvalue weighted by molar-refractivity contribution is 7.99. The number of nitrogens with zero attached hydrogens (tertiary/aromatic N) is 1. The van der Waals surface area contributed by atoms with Gasteiger partial charge < -0.3 is 10.0 Å². The molecule has 2 saturated heterocycles. The van der Waals surface area contributed by atoms with Gasteiger partial charge in [0, 0.05) is 12.5 Å². The third-order valence-electron chi connectivity index (χ3n) is 4.12. The number of thioether (sulfide) groups is 1. The fourth-order valence-corrected chi connectivity index (χ4v) is 4.07. The molecule has 0 amide bonds. The van der Waals surface area contributed by atoms with Gasteiger partial charge in [0.05, 0.1) is 0 Å². The monoisotopic (exact) mass is 257 g/mol. The number of carboxylic acid groups (broad SMARTS) is 1. The molecule has 0 aliphatic carbocycles. The topological polar surface area (TPSA) is 40.5 Å². The summed E-state index contributed by atoms with van der Waals surface area (Å²) in [6.07, 6.45) is 6.34. The van der Waals surface area contributed by atoms with Gasteiger partial charge in [-0.1, -0.05) is 0 Å². The highest BCUT2D eigenvalue weighted by Gasteiger charge is 2.26. The van der Waals surface area contributed by atoms with Crippen molar-refractivity contribution in [1.82, 2.24) is 4.90 Å². The minimum Gasteiger partial charge on any atom is -0.481 e. The van der Waals surface area contributed by atoms with Crippen molar-refractivity contribution in [2.45, 2.75) is 44.6 Å². The summed E-state index contributed by atoms with van der Waals surface area (Å²) in [5, 5.41) is 8.69. The molecule has 0 unspecified atom stereocenters. The van der Waals surface area contributed by atoms with Gasteiger partial charge in [-0.2, -0.15) is 11.8 Å². The number of likely N-dealkylation sites (tertiary alicyclic amines) is 1. The van der Waals surface area contributed by atoms with Crippen molar-refractivity contribution in [2.75, 3.05) is 24.6 Å². The molecule has 0 aromatic heterocycles. The van der Waals surface area contributed by atoms with E-state index in [0.29, 0.717) is 12.3 Å². The Hall–Kier alpha value is -0.220. The van der Waals surface area contributed by atoms with Gasteiger partial charge in [-0.05, 0) is 62.6 Å². The van der Waals surface area contributed by atoms with Crippen LogP contribution in [0.25, 0.3) is 0 Å². The SMILES string of the molecule is O=C(O)CCC1CCN(C2CCSCC2)CC1. The van der Waals surface area contributed by atoms with E-state index in [1.165, 1.54) is 50.3 Å². The van der Waals surface area contributed by atoms with Crippen molar-refractivity contribution >= 4 is 17.7 Å². The van der Waals surface area contributed by atoms with Crippen molar-refractivity contribution in [3.8, 4) is 0 Å². The molecule has 0 saturated carbocycles. The lowest BCUT2D eigenvalue weighted by atomic mass is 9.91. The molecule has 0 spiro atoms. The number of aliphatic carboxylic acids is 1. The Bertz CT molecular complexity index is 246. The van der Waals surface area contributed by atoms with E-state index in [-0.39, 0.29) is 0 Å². The van der Waals surface area contributed by atoms with Crippen LogP contribution in [0.1, 0.15) is 38.5 Å². The van der Waals surface area contributed by atoms with Crippen molar-refractivity contribution in [3.63, 3.8) is 0 Å². The van der Waals surface area contributed by atoms with Crippen LogP contribution in [0.15, 0.2) is 0 Å². The highest BCUT2D eigenvalue weighted by Crippen LogP contribution is 2.28. The van der Waals surface area contributed by atoms with E-state index in [2.05, 4.69) is 16.7 Å². The number of carbonyl (C=O) groups is 1. The molecule has 2 heterocycles. The maximum Gasteiger partial charge on any atom is 0.303 e. The zero-order chi connectivity index (χ0) is 12.1. The van der Waals surface area contributed by atoms with Crippen molar-refractivity contribution < 1.29 is 9.90 Å². The van der Waals surface area contributed by atoms with Crippen molar-refractivity contribution in [3.05, 3.63) is 0 Å². The Morgan fingerprint density at radius 2 is 1.82 bits per heavy atom. The number of piperidine rings is 1. The first-order chi connectivity index (χ1) is 8.25. The molecule has 4 heteroatoms. The van der Waals surface area contributed by atoms with Crippen LogP contribution in [0.3, 0.4) is 0 Å². The predicted molar refractivity (Wildman–Crippen MR) is 71.5 cm³/mol.